The number of hydrogen-bond donors (Lipinski definition) is 3. The molecule has 0 bridgehead atoms. The summed E-state index contributed by atoms with van der Waals surface area (Å²) in [4.78, 5) is 11.2. The number of carbonyl (C=O) groups is 1. The number of nitrogens with two attached hydrogens (primary N) is 1. The van der Waals surface area contributed by atoms with Crippen molar-refractivity contribution >= 4 is 23.0 Å². The molecule has 2 aromatic rings. The van der Waals surface area contributed by atoms with E-state index in [1.54, 1.807) is 12.1 Å². The van der Waals surface area contributed by atoms with E-state index in [-0.39, 0.29) is 5.56 Å². The number of aryl methyl sites for hydroxylation is 1. The Kier molecular flexibility index (Phi) is 3.42. The topological polar surface area (TPSA) is 75.3 Å². The highest BCUT2D eigenvalue weighted by atomic mass is 16.4. The van der Waals surface area contributed by atoms with Crippen LogP contribution in [0.15, 0.2) is 36.4 Å². The predicted molar refractivity (Wildman–Crippen MR) is 77.0 cm³/mol. The molecule has 2 aromatic carbocycles. The number of nitrogens with one attached hydrogen (secondary N) is 1. The van der Waals surface area contributed by atoms with Crippen LogP contribution in [-0.4, -0.2) is 11.1 Å². The smallest absolute Gasteiger partial charge is 0.337 e. The zero-order valence-electron chi connectivity index (χ0n) is 10.9. The molecule has 0 atom stereocenters. The molecule has 19 heavy (non-hydrogen) atoms. The monoisotopic (exact) mass is 256 g/mol. The zero-order chi connectivity index (χ0) is 14.0. The van der Waals surface area contributed by atoms with Crippen LogP contribution in [0.25, 0.3) is 0 Å². The molecular formula is C15H16N2O2. The molecule has 0 saturated carbocycles. The van der Waals surface area contributed by atoms with Gasteiger partial charge in [0, 0.05) is 11.4 Å². The van der Waals surface area contributed by atoms with Crippen molar-refractivity contribution in [2.24, 2.45) is 0 Å². The van der Waals surface area contributed by atoms with Crippen LogP contribution in [0.1, 0.15) is 21.5 Å². The molecule has 0 heterocycles. The van der Waals surface area contributed by atoms with E-state index in [0.717, 1.165) is 16.8 Å². The fourth-order valence-corrected chi connectivity index (χ4v) is 1.88. The average molecular weight is 256 g/mol. The second-order valence-corrected chi connectivity index (χ2v) is 4.48. The third-order valence-corrected chi connectivity index (χ3v) is 3.15. The van der Waals surface area contributed by atoms with E-state index in [1.165, 1.54) is 6.07 Å². The molecule has 2 rings (SSSR count). The fraction of sp³-hybridized carbons (Fsp3) is 0.133. The van der Waals surface area contributed by atoms with E-state index < -0.39 is 5.97 Å². The van der Waals surface area contributed by atoms with Gasteiger partial charge in [-0.2, -0.15) is 0 Å². The number of rotatable bonds is 3. The summed E-state index contributed by atoms with van der Waals surface area (Å²) in [6, 6.07) is 10.7. The van der Waals surface area contributed by atoms with Gasteiger partial charge in [0.05, 0.1) is 11.3 Å². The van der Waals surface area contributed by atoms with Gasteiger partial charge in [0.15, 0.2) is 0 Å². The van der Waals surface area contributed by atoms with Crippen molar-refractivity contribution in [1.29, 1.82) is 0 Å². The molecule has 4 nitrogen and oxygen atoms in total. The number of carboxylic acid groups (broad SMARTS) is 1. The van der Waals surface area contributed by atoms with E-state index in [9.17, 15) is 9.90 Å². The molecule has 0 aliphatic carbocycles. The Morgan fingerprint density at radius 2 is 1.89 bits per heavy atom. The first kappa shape index (κ1) is 13.0. The Labute approximate surface area is 111 Å². The zero-order valence-corrected chi connectivity index (χ0v) is 10.9. The molecule has 0 aliphatic rings. The van der Waals surface area contributed by atoms with Crippen molar-refractivity contribution in [3.63, 3.8) is 0 Å². The molecule has 0 radical (unpaired) electrons. The summed E-state index contributed by atoms with van der Waals surface area (Å²) in [7, 11) is 0. The first-order valence-corrected chi connectivity index (χ1v) is 5.95. The van der Waals surface area contributed by atoms with Gasteiger partial charge in [0.2, 0.25) is 0 Å². The van der Waals surface area contributed by atoms with Gasteiger partial charge in [-0.15, -0.1) is 0 Å². The summed E-state index contributed by atoms with van der Waals surface area (Å²) < 4.78 is 0. The van der Waals surface area contributed by atoms with Crippen LogP contribution in [-0.2, 0) is 0 Å². The van der Waals surface area contributed by atoms with Crippen molar-refractivity contribution in [3.8, 4) is 0 Å². The SMILES string of the molecule is Cc1cccc(Nc2ccc(N)cc2C(=O)O)c1C. The minimum Gasteiger partial charge on any atom is -0.478 e. The standard InChI is InChI=1S/C15H16N2O2/c1-9-4-3-5-13(10(9)2)17-14-7-6-11(16)8-12(14)15(18)19/h3-8,17H,16H2,1-2H3,(H,18,19). The van der Waals surface area contributed by atoms with Crippen molar-refractivity contribution in [2.45, 2.75) is 13.8 Å². The Bertz CT molecular complexity index is 636. The van der Waals surface area contributed by atoms with Crippen molar-refractivity contribution < 1.29 is 9.90 Å². The highest BCUT2D eigenvalue weighted by Gasteiger charge is 2.11. The lowest BCUT2D eigenvalue weighted by atomic mass is 10.1. The lowest BCUT2D eigenvalue weighted by Gasteiger charge is -2.13. The molecule has 98 valence electrons. The molecule has 0 aromatic heterocycles. The van der Waals surface area contributed by atoms with Crippen molar-refractivity contribution in [3.05, 3.63) is 53.1 Å². The molecule has 4 N–H and O–H groups in total. The fourth-order valence-electron chi connectivity index (χ4n) is 1.88. The van der Waals surface area contributed by atoms with Crippen molar-refractivity contribution in [2.75, 3.05) is 11.1 Å². The largest absolute Gasteiger partial charge is 0.478 e. The van der Waals surface area contributed by atoms with Gasteiger partial charge in [0.1, 0.15) is 0 Å². The molecule has 0 saturated heterocycles. The summed E-state index contributed by atoms with van der Waals surface area (Å²) in [6.45, 7) is 4.01. The molecule has 0 amide bonds. The minimum atomic E-state index is -1.000. The normalized spacial score (nSPS) is 10.2. The highest BCUT2D eigenvalue weighted by molar-refractivity contribution is 5.96. The number of carboxylic acids is 1. The first-order chi connectivity index (χ1) is 8.99. The van der Waals surface area contributed by atoms with Crippen LogP contribution in [0.4, 0.5) is 17.1 Å². The Morgan fingerprint density at radius 1 is 1.16 bits per heavy atom. The summed E-state index contributed by atoms with van der Waals surface area (Å²) in [6.07, 6.45) is 0. The van der Waals surface area contributed by atoms with E-state index in [2.05, 4.69) is 5.32 Å². The molecular weight excluding hydrogens is 240 g/mol. The minimum absolute atomic E-state index is 0.168. The van der Waals surface area contributed by atoms with Crippen LogP contribution in [0.2, 0.25) is 0 Å². The molecule has 0 unspecified atom stereocenters. The van der Waals surface area contributed by atoms with Crippen LogP contribution < -0.4 is 11.1 Å². The number of anilines is 3. The Balaban J connectivity index is 2.44. The maximum absolute atomic E-state index is 11.2. The summed E-state index contributed by atoms with van der Waals surface area (Å²) in [5.74, 6) is -1.000. The van der Waals surface area contributed by atoms with Crippen LogP contribution in [0.5, 0.6) is 0 Å². The molecule has 0 aliphatic heterocycles. The quantitative estimate of drug-likeness (QED) is 0.736. The van der Waals surface area contributed by atoms with Gasteiger partial charge in [-0.3, -0.25) is 0 Å². The van der Waals surface area contributed by atoms with Crippen LogP contribution >= 0.6 is 0 Å². The predicted octanol–water partition coefficient (Wildman–Crippen LogP) is 3.33. The molecule has 0 spiro atoms. The van der Waals surface area contributed by atoms with Gasteiger partial charge in [-0.05, 0) is 49.2 Å². The van der Waals surface area contributed by atoms with E-state index in [0.29, 0.717) is 11.4 Å². The van der Waals surface area contributed by atoms with Gasteiger partial charge in [0.25, 0.3) is 0 Å². The number of aromatic carboxylic acids is 1. The second-order valence-electron chi connectivity index (χ2n) is 4.48. The Morgan fingerprint density at radius 3 is 2.58 bits per heavy atom. The summed E-state index contributed by atoms with van der Waals surface area (Å²) >= 11 is 0. The number of benzene rings is 2. The van der Waals surface area contributed by atoms with Crippen LogP contribution in [0.3, 0.4) is 0 Å². The lowest BCUT2D eigenvalue weighted by molar-refractivity contribution is 0.0698. The molecule has 4 heteroatoms. The second kappa shape index (κ2) is 5.02. The number of nitrogen functional groups attached to an aromatic ring is 1. The first-order valence-electron chi connectivity index (χ1n) is 5.95. The third-order valence-electron chi connectivity index (χ3n) is 3.15. The summed E-state index contributed by atoms with van der Waals surface area (Å²) in [5.41, 5.74) is 9.90. The van der Waals surface area contributed by atoms with Gasteiger partial charge < -0.3 is 16.2 Å². The maximum Gasteiger partial charge on any atom is 0.337 e. The highest BCUT2D eigenvalue weighted by Crippen LogP contribution is 2.26. The van der Waals surface area contributed by atoms with E-state index >= 15 is 0 Å². The Hall–Kier alpha value is -2.49. The molecule has 0 fully saturated rings. The summed E-state index contributed by atoms with van der Waals surface area (Å²) in [5, 5.41) is 12.4. The van der Waals surface area contributed by atoms with Gasteiger partial charge >= 0.3 is 5.97 Å². The third kappa shape index (κ3) is 2.68. The number of hydrogen-bond acceptors (Lipinski definition) is 3. The van der Waals surface area contributed by atoms with E-state index in [4.69, 9.17) is 5.73 Å². The van der Waals surface area contributed by atoms with Crippen LogP contribution in [0, 0.1) is 13.8 Å². The van der Waals surface area contributed by atoms with Gasteiger partial charge in [-0.25, -0.2) is 4.79 Å². The lowest BCUT2D eigenvalue weighted by Crippen LogP contribution is -2.04. The van der Waals surface area contributed by atoms with Crippen molar-refractivity contribution in [1.82, 2.24) is 0 Å². The van der Waals surface area contributed by atoms with Gasteiger partial charge in [-0.1, -0.05) is 12.1 Å². The average Bonchev–Trinajstić information content (AvgIpc) is 2.36. The maximum atomic E-state index is 11.2. The van der Waals surface area contributed by atoms with E-state index in [1.807, 2.05) is 32.0 Å².